The Kier molecular flexibility index (Phi) is 5.03. The van der Waals surface area contributed by atoms with Gasteiger partial charge in [0.15, 0.2) is 0 Å². The van der Waals surface area contributed by atoms with Gasteiger partial charge in [-0.2, -0.15) is 5.10 Å². The number of thiophene rings is 1. The number of carbonyl (C=O) groups is 1. The Bertz CT molecular complexity index is 1190. The van der Waals surface area contributed by atoms with Crippen LogP contribution in [0.3, 0.4) is 0 Å². The molecular weight excluding hydrogens is 410 g/mol. The first-order chi connectivity index (χ1) is 15.1. The number of anilines is 1. The van der Waals surface area contributed by atoms with E-state index in [4.69, 9.17) is 0 Å². The van der Waals surface area contributed by atoms with Crippen molar-refractivity contribution in [2.45, 2.75) is 6.92 Å². The molecule has 158 valence electrons. The number of piperazine rings is 1. The Morgan fingerprint density at radius 1 is 1.00 bits per heavy atom. The van der Waals surface area contributed by atoms with E-state index in [2.05, 4.69) is 20.0 Å². The Hall–Kier alpha value is -3.46. The van der Waals surface area contributed by atoms with Crippen molar-refractivity contribution in [1.82, 2.24) is 29.2 Å². The molecule has 0 unspecified atom stereocenters. The number of hydrogen-bond donors (Lipinski definition) is 0. The van der Waals surface area contributed by atoms with Crippen molar-refractivity contribution < 1.29 is 4.79 Å². The average Bonchev–Trinajstić information content (AvgIpc) is 3.54. The van der Waals surface area contributed by atoms with Gasteiger partial charge in [-0.25, -0.2) is 9.97 Å². The minimum atomic E-state index is 0.0179. The maximum atomic E-state index is 13.1. The van der Waals surface area contributed by atoms with Gasteiger partial charge in [-0.05, 0) is 36.6 Å². The van der Waals surface area contributed by atoms with Gasteiger partial charge >= 0.3 is 0 Å². The first kappa shape index (κ1) is 19.5. The molecule has 0 radical (unpaired) electrons. The van der Waals surface area contributed by atoms with Crippen LogP contribution in [-0.4, -0.2) is 61.3 Å². The van der Waals surface area contributed by atoms with E-state index >= 15 is 0 Å². The van der Waals surface area contributed by atoms with Gasteiger partial charge in [-0.1, -0.05) is 6.07 Å². The monoisotopic (exact) mass is 433 g/mol. The fourth-order valence-corrected chi connectivity index (χ4v) is 4.51. The largest absolute Gasteiger partial charge is 0.353 e. The summed E-state index contributed by atoms with van der Waals surface area (Å²) in [6, 6.07) is 11.8. The van der Waals surface area contributed by atoms with Crippen LogP contribution >= 0.6 is 11.3 Å². The summed E-state index contributed by atoms with van der Waals surface area (Å²) < 4.78 is 3.66. The Balaban J connectivity index is 1.29. The molecule has 5 rings (SSSR count). The van der Waals surface area contributed by atoms with Crippen molar-refractivity contribution in [2.24, 2.45) is 7.05 Å². The van der Waals surface area contributed by atoms with E-state index in [1.165, 1.54) is 0 Å². The van der Waals surface area contributed by atoms with Crippen molar-refractivity contribution in [1.29, 1.82) is 0 Å². The second kappa shape index (κ2) is 7.99. The normalized spacial score (nSPS) is 14.3. The zero-order chi connectivity index (χ0) is 21.4. The molecule has 0 aliphatic carbocycles. The number of rotatable bonds is 4. The number of hydrogen-bond acceptors (Lipinski definition) is 6. The van der Waals surface area contributed by atoms with Crippen LogP contribution in [0.1, 0.15) is 16.3 Å². The fourth-order valence-electron chi connectivity index (χ4n) is 3.83. The van der Waals surface area contributed by atoms with Crippen LogP contribution in [0.4, 0.5) is 5.82 Å². The molecule has 1 amide bonds. The standard InChI is InChI=1S/C22H23N7OS/c1-16-23-20(27-7-3-4-8-27)15-21(24-16)28-9-11-29(12-10-28)22(30)18-14-17(25-26(18)2)19-6-5-13-31-19/h3-8,13-15H,9-12H2,1-2H3. The predicted octanol–water partition coefficient (Wildman–Crippen LogP) is 3.00. The summed E-state index contributed by atoms with van der Waals surface area (Å²) in [6.07, 6.45) is 3.95. The Labute approximate surface area is 184 Å². The van der Waals surface area contributed by atoms with E-state index in [1.807, 2.05) is 77.6 Å². The average molecular weight is 434 g/mol. The van der Waals surface area contributed by atoms with Crippen LogP contribution in [0.2, 0.25) is 0 Å². The lowest BCUT2D eigenvalue weighted by Gasteiger charge is -2.35. The van der Waals surface area contributed by atoms with E-state index in [0.29, 0.717) is 18.8 Å². The van der Waals surface area contributed by atoms with Crippen LogP contribution in [-0.2, 0) is 7.05 Å². The highest BCUT2D eigenvalue weighted by molar-refractivity contribution is 7.13. The zero-order valence-electron chi connectivity index (χ0n) is 17.5. The Morgan fingerprint density at radius 2 is 1.74 bits per heavy atom. The second-order valence-electron chi connectivity index (χ2n) is 7.52. The molecule has 4 aromatic rings. The van der Waals surface area contributed by atoms with Gasteiger partial charge in [0.1, 0.15) is 28.8 Å². The number of aromatic nitrogens is 5. The molecule has 1 aliphatic rings. The van der Waals surface area contributed by atoms with Gasteiger partial charge in [0.25, 0.3) is 5.91 Å². The Morgan fingerprint density at radius 3 is 2.45 bits per heavy atom. The third-order valence-electron chi connectivity index (χ3n) is 5.44. The lowest BCUT2D eigenvalue weighted by Crippen LogP contribution is -2.49. The van der Waals surface area contributed by atoms with Crippen LogP contribution < -0.4 is 4.90 Å². The summed E-state index contributed by atoms with van der Waals surface area (Å²) in [6.45, 7) is 4.64. The highest BCUT2D eigenvalue weighted by atomic mass is 32.1. The maximum Gasteiger partial charge on any atom is 0.272 e. The minimum Gasteiger partial charge on any atom is -0.353 e. The summed E-state index contributed by atoms with van der Waals surface area (Å²) in [5.41, 5.74) is 1.46. The maximum absolute atomic E-state index is 13.1. The lowest BCUT2D eigenvalue weighted by atomic mass is 10.2. The molecule has 8 nitrogen and oxygen atoms in total. The van der Waals surface area contributed by atoms with Gasteiger partial charge in [0, 0.05) is 51.7 Å². The van der Waals surface area contributed by atoms with E-state index in [-0.39, 0.29) is 5.91 Å². The molecule has 0 saturated carbocycles. The molecule has 1 aliphatic heterocycles. The van der Waals surface area contributed by atoms with E-state index in [0.717, 1.165) is 41.1 Å². The fraction of sp³-hybridized carbons (Fsp3) is 0.273. The van der Waals surface area contributed by atoms with Gasteiger partial charge < -0.3 is 14.4 Å². The number of nitrogens with zero attached hydrogens (tertiary/aromatic N) is 7. The van der Waals surface area contributed by atoms with Gasteiger partial charge in [0.2, 0.25) is 0 Å². The first-order valence-corrected chi connectivity index (χ1v) is 11.1. The molecule has 4 aromatic heterocycles. The summed E-state index contributed by atoms with van der Waals surface area (Å²) >= 11 is 1.62. The molecule has 1 saturated heterocycles. The highest BCUT2D eigenvalue weighted by Gasteiger charge is 2.26. The van der Waals surface area contributed by atoms with Crippen molar-refractivity contribution in [3.8, 4) is 16.4 Å². The van der Waals surface area contributed by atoms with E-state index in [9.17, 15) is 4.79 Å². The van der Waals surface area contributed by atoms with Gasteiger partial charge in [-0.15, -0.1) is 11.3 Å². The molecular formula is C22H23N7OS. The summed E-state index contributed by atoms with van der Waals surface area (Å²) in [5, 5.41) is 6.54. The smallest absolute Gasteiger partial charge is 0.272 e. The number of aryl methyl sites for hydroxylation is 2. The number of amides is 1. The van der Waals surface area contributed by atoms with E-state index in [1.54, 1.807) is 16.0 Å². The molecule has 0 atom stereocenters. The quantitative estimate of drug-likeness (QED) is 0.495. The third kappa shape index (κ3) is 3.84. The van der Waals surface area contributed by atoms with E-state index < -0.39 is 0 Å². The topological polar surface area (TPSA) is 72.1 Å². The first-order valence-electron chi connectivity index (χ1n) is 10.2. The zero-order valence-corrected chi connectivity index (χ0v) is 18.3. The number of carbonyl (C=O) groups excluding carboxylic acids is 1. The molecule has 0 spiro atoms. The summed E-state index contributed by atoms with van der Waals surface area (Å²) in [7, 11) is 1.83. The summed E-state index contributed by atoms with van der Waals surface area (Å²) in [4.78, 5) is 27.5. The molecule has 0 aromatic carbocycles. The van der Waals surface area contributed by atoms with Crippen LogP contribution in [0, 0.1) is 6.92 Å². The molecule has 0 N–H and O–H groups in total. The van der Waals surface area contributed by atoms with Gasteiger partial charge in [-0.3, -0.25) is 9.48 Å². The third-order valence-corrected chi connectivity index (χ3v) is 6.34. The molecule has 9 heteroatoms. The van der Waals surface area contributed by atoms with Crippen LogP contribution in [0.5, 0.6) is 0 Å². The highest BCUT2D eigenvalue weighted by Crippen LogP contribution is 2.25. The molecule has 1 fully saturated rings. The van der Waals surface area contributed by atoms with Crippen molar-refractivity contribution in [3.63, 3.8) is 0 Å². The minimum absolute atomic E-state index is 0.0179. The molecule has 31 heavy (non-hydrogen) atoms. The SMILES string of the molecule is Cc1nc(N2CCN(C(=O)c3cc(-c4cccs4)nn3C)CC2)cc(-n2cccc2)n1. The van der Waals surface area contributed by atoms with Crippen molar-refractivity contribution in [3.05, 3.63) is 65.7 Å². The van der Waals surface area contributed by atoms with Crippen LogP contribution in [0.15, 0.2) is 54.2 Å². The van der Waals surface area contributed by atoms with Gasteiger partial charge in [0.05, 0.1) is 4.88 Å². The lowest BCUT2D eigenvalue weighted by molar-refractivity contribution is 0.0735. The van der Waals surface area contributed by atoms with Crippen LogP contribution in [0.25, 0.3) is 16.4 Å². The molecule has 0 bridgehead atoms. The van der Waals surface area contributed by atoms with Crippen molar-refractivity contribution >= 4 is 23.1 Å². The summed E-state index contributed by atoms with van der Waals surface area (Å²) in [5.74, 6) is 2.49. The predicted molar refractivity (Wildman–Crippen MR) is 121 cm³/mol. The second-order valence-corrected chi connectivity index (χ2v) is 8.46. The molecule has 5 heterocycles. The van der Waals surface area contributed by atoms with Crippen molar-refractivity contribution in [2.75, 3.05) is 31.1 Å².